The lowest BCUT2D eigenvalue weighted by Crippen LogP contribution is -2.54. The van der Waals surface area contributed by atoms with E-state index in [1.54, 1.807) is 17.0 Å². The van der Waals surface area contributed by atoms with E-state index in [0.29, 0.717) is 12.1 Å². The quantitative estimate of drug-likeness (QED) is 0.346. The Kier molecular flexibility index (Phi) is 9.86. The largest absolute Gasteiger partial charge is 0.352 e. The predicted molar refractivity (Wildman–Crippen MR) is 164 cm³/mol. The van der Waals surface area contributed by atoms with E-state index in [1.807, 2.05) is 81.4 Å². The molecule has 1 fully saturated rings. The van der Waals surface area contributed by atoms with Crippen LogP contribution in [0, 0.1) is 20.8 Å². The van der Waals surface area contributed by atoms with Crippen LogP contribution >= 0.6 is 0 Å². The number of benzene rings is 3. The van der Waals surface area contributed by atoms with Crippen LogP contribution in [0.5, 0.6) is 0 Å². The zero-order chi connectivity index (χ0) is 29.6. The van der Waals surface area contributed by atoms with E-state index in [1.165, 1.54) is 0 Å². The number of nitrogens with zero attached hydrogens (tertiary/aromatic N) is 2. The van der Waals surface area contributed by atoms with Crippen LogP contribution in [-0.2, 0) is 32.6 Å². The van der Waals surface area contributed by atoms with E-state index in [9.17, 15) is 18.0 Å². The van der Waals surface area contributed by atoms with E-state index in [4.69, 9.17) is 0 Å². The molecule has 7 nitrogen and oxygen atoms in total. The number of hydrogen-bond donors (Lipinski definition) is 1. The molecule has 41 heavy (non-hydrogen) atoms. The van der Waals surface area contributed by atoms with Gasteiger partial charge < -0.3 is 10.2 Å². The standard InChI is InChI=1S/C33H41N3O4S/c1-24-14-12-20-30(26(24)3)36(41(4,39)40)23-32(37)35(22-28-17-9-8-13-25(28)2)31(21-27-15-6-5-7-16-27)33(38)34-29-18-10-11-19-29/h5-9,12-17,20,29,31H,10-11,18-19,21-23H2,1-4H3,(H,34,38)/t31-/m0/s1. The lowest BCUT2D eigenvalue weighted by atomic mass is 10.0. The fourth-order valence-electron chi connectivity index (χ4n) is 5.49. The summed E-state index contributed by atoms with van der Waals surface area (Å²) >= 11 is 0. The highest BCUT2D eigenvalue weighted by atomic mass is 32.2. The van der Waals surface area contributed by atoms with Gasteiger partial charge in [-0.05, 0) is 67.5 Å². The van der Waals surface area contributed by atoms with Crippen LogP contribution in [0.25, 0.3) is 0 Å². The summed E-state index contributed by atoms with van der Waals surface area (Å²) in [5, 5.41) is 3.20. The van der Waals surface area contributed by atoms with Crippen LogP contribution in [0.4, 0.5) is 5.69 Å². The summed E-state index contributed by atoms with van der Waals surface area (Å²) in [6.07, 6.45) is 5.41. The fourth-order valence-corrected chi connectivity index (χ4v) is 6.39. The van der Waals surface area contributed by atoms with Gasteiger partial charge in [0.2, 0.25) is 21.8 Å². The van der Waals surface area contributed by atoms with Gasteiger partial charge in [0.15, 0.2) is 0 Å². The van der Waals surface area contributed by atoms with Crippen molar-refractivity contribution in [2.75, 3.05) is 17.1 Å². The first-order valence-corrected chi connectivity index (χ1v) is 16.1. The Labute approximate surface area is 244 Å². The number of aryl methyl sites for hydroxylation is 2. The summed E-state index contributed by atoms with van der Waals surface area (Å²) in [5.74, 6) is -0.637. The summed E-state index contributed by atoms with van der Waals surface area (Å²) in [7, 11) is -3.81. The molecule has 2 amide bonds. The predicted octanol–water partition coefficient (Wildman–Crippen LogP) is 5.08. The zero-order valence-corrected chi connectivity index (χ0v) is 25.3. The summed E-state index contributed by atoms with van der Waals surface area (Å²) in [4.78, 5) is 29.8. The van der Waals surface area contributed by atoms with Gasteiger partial charge in [0.05, 0.1) is 11.9 Å². The molecule has 1 aliphatic rings. The molecule has 0 heterocycles. The minimum atomic E-state index is -3.81. The summed E-state index contributed by atoms with van der Waals surface area (Å²) in [6.45, 7) is 5.52. The zero-order valence-electron chi connectivity index (χ0n) is 24.5. The molecule has 1 atom stereocenters. The average molecular weight is 576 g/mol. The van der Waals surface area contributed by atoms with Gasteiger partial charge in [0, 0.05) is 19.0 Å². The molecule has 0 spiro atoms. The summed E-state index contributed by atoms with van der Waals surface area (Å²) < 4.78 is 27.3. The molecule has 0 aliphatic heterocycles. The topological polar surface area (TPSA) is 86.8 Å². The third-order valence-corrected chi connectivity index (χ3v) is 9.22. The highest BCUT2D eigenvalue weighted by molar-refractivity contribution is 7.92. The van der Waals surface area contributed by atoms with Crippen molar-refractivity contribution in [2.24, 2.45) is 0 Å². The Morgan fingerprint density at radius 3 is 2.17 bits per heavy atom. The Morgan fingerprint density at radius 2 is 1.51 bits per heavy atom. The first kappa shape index (κ1) is 30.3. The van der Waals surface area contributed by atoms with Crippen molar-refractivity contribution < 1.29 is 18.0 Å². The van der Waals surface area contributed by atoms with Crippen LogP contribution < -0.4 is 9.62 Å². The van der Waals surface area contributed by atoms with Gasteiger partial charge >= 0.3 is 0 Å². The number of hydrogen-bond acceptors (Lipinski definition) is 4. The maximum absolute atomic E-state index is 14.3. The van der Waals surface area contributed by atoms with Crippen molar-refractivity contribution in [1.29, 1.82) is 0 Å². The summed E-state index contributed by atoms with van der Waals surface area (Å²) in [5.41, 5.74) is 5.01. The minimum absolute atomic E-state index is 0.0821. The van der Waals surface area contributed by atoms with E-state index >= 15 is 0 Å². The summed E-state index contributed by atoms with van der Waals surface area (Å²) in [6, 6.07) is 22.1. The third kappa shape index (κ3) is 7.76. The lowest BCUT2D eigenvalue weighted by molar-refractivity contribution is -0.140. The lowest BCUT2D eigenvalue weighted by Gasteiger charge is -2.34. The SMILES string of the molecule is Cc1ccccc1CN(C(=O)CN(c1cccc(C)c1C)S(C)(=O)=O)[C@@H](Cc1ccccc1)C(=O)NC1CCCC1. The van der Waals surface area contributed by atoms with Gasteiger partial charge in [-0.3, -0.25) is 13.9 Å². The number of amides is 2. The Bertz CT molecular complexity index is 1470. The van der Waals surface area contributed by atoms with Crippen molar-refractivity contribution in [2.45, 2.75) is 71.5 Å². The molecular weight excluding hydrogens is 534 g/mol. The highest BCUT2D eigenvalue weighted by Crippen LogP contribution is 2.26. The fraction of sp³-hybridized carbons (Fsp3) is 0.394. The third-order valence-electron chi connectivity index (χ3n) is 8.10. The van der Waals surface area contributed by atoms with Gasteiger partial charge in [0.25, 0.3) is 0 Å². The van der Waals surface area contributed by atoms with Crippen LogP contribution in [0.1, 0.15) is 53.5 Å². The number of nitrogens with one attached hydrogen (secondary N) is 1. The maximum Gasteiger partial charge on any atom is 0.244 e. The molecule has 1 aliphatic carbocycles. The molecule has 3 aromatic carbocycles. The maximum atomic E-state index is 14.3. The molecular formula is C33H41N3O4S. The van der Waals surface area contributed by atoms with E-state index in [0.717, 1.165) is 64.1 Å². The Hall–Kier alpha value is -3.65. The van der Waals surface area contributed by atoms with Crippen LogP contribution in [0.3, 0.4) is 0 Å². The number of carbonyl (C=O) groups excluding carboxylic acids is 2. The van der Waals surface area contributed by atoms with Gasteiger partial charge in [-0.15, -0.1) is 0 Å². The first-order chi connectivity index (χ1) is 19.5. The molecule has 4 rings (SSSR count). The molecule has 8 heteroatoms. The van der Waals surface area contributed by atoms with Crippen molar-refractivity contribution in [1.82, 2.24) is 10.2 Å². The molecule has 0 aromatic heterocycles. The van der Waals surface area contributed by atoms with E-state index < -0.39 is 28.5 Å². The van der Waals surface area contributed by atoms with Gasteiger partial charge in [-0.2, -0.15) is 0 Å². The first-order valence-electron chi connectivity index (χ1n) is 14.3. The number of rotatable bonds is 11. The minimum Gasteiger partial charge on any atom is -0.352 e. The van der Waals surface area contributed by atoms with Crippen LogP contribution in [0.15, 0.2) is 72.8 Å². The van der Waals surface area contributed by atoms with Crippen molar-refractivity contribution in [3.05, 3.63) is 101 Å². The number of anilines is 1. The second-order valence-electron chi connectivity index (χ2n) is 11.1. The molecule has 0 bridgehead atoms. The second-order valence-corrected chi connectivity index (χ2v) is 13.0. The monoisotopic (exact) mass is 575 g/mol. The Morgan fingerprint density at radius 1 is 0.878 bits per heavy atom. The van der Waals surface area contributed by atoms with E-state index in [-0.39, 0.29) is 18.5 Å². The molecule has 0 radical (unpaired) electrons. The van der Waals surface area contributed by atoms with Gasteiger partial charge in [0.1, 0.15) is 12.6 Å². The van der Waals surface area contributed by atoms with Crippen LogP contribution in [-0.4, -0.2) is 50.0 Å². The molecule has 3 aromatic rings. The smallest absolute Gasteiger partial charge is 0.244 e. The van der Waals surface area contributed by atoms with Crippen molar-refractivity contribution >= 4 is 27.5 Å². The normalized spacial score (nSPS) is 14.4. The van der Waals surface area contributed by atoms with Crippen molar-refractivity contribution in [3.63, 3.8) is 0 Å². The van der Waals surface area contributed by atoms with Crippen LogP contribution in [0.2, 0.25) is 0 Å². The molecule has 1 N–H and O–H groups in total. The molecule has 0 unspecified atom stereocenters. The van der Waals surface area contributed by atoms with Gasteiger partial charge in [-0.25, -0.2) is 8.42 Å². The number of carbonyl (C=O) groups is 2. The molecule has 218 valence electrons. The van der Waals surface area contributed by atoms with E-state index in [2.05, 4.69) is 5.32 Å². The second kappa shape index (κ2) is 13.3. The average Bonchev–Trinajstić information content (AvgIpc) is 3.45. The van der Waals surface area contributed by atoms with Gasteiger partial charge in [-0.1, -0.05) is 79.6 Å². The Balaban J connectivity index is 1.75. The highest BCUT2D eigenvalue weighted by Gasteiger charge is 2.34. The van der Waals surface area contributed by atoms with Crippen molar-refractivity contribution in [3.8, 4) is 0 Å². The molecule has 1 saturated carbocycles. The molecule has 0 saturated heterocycles. The number of sulfonamides is 1.